The number of aliphatic hydroxyl groups is 1. The van der Waals surface area contributed by atoms with Gasteiger partial charge in [-0.05, 0) is 36.6 Å². The number of amides is 1. The predicted octanol–water partition coefficient (Wildman–Crippen LogP) is -0.123. The number of hydrogen-bond donors (Lipinski definition) is 2. The van der Waals surface area contributed by atoms with Crippen LogP contribution in [0, 0.1) is 0 Å². The van der Waals surface area contributed by atoms with Crippen LogP contribution < -0.4 is 4.72 Å². The summed E-state index contributed by atoms with van der Waals surface area (Å²) in [6.07, 6.45) is -0.462. The fourth-order valence-electron chi connectivity index (χ4n) is 2.51. The zero-order valence-corrected chi connectivity index (χ0v) is 14.1. The second kappa shape index (κ2) is 7.39. The van der Waals surface area contributed by atoms with Crippen molar-refractivity contribution in [1.82, 2.24) is 9.62 Å². The topological polar surface area (TPSA) is 95.9 Å². The second-order valence-corrected chi connectivity index (χ2v) is 7.27. The van der Waals surface area contributed by atoms with Crippen molar-refractivity contribution in [1.29, 1.82) is 0 Å². The molecule has 7 nitrogen and oxygen atoms in total. The molecule has 0 fully saturated rings. The van der Waals surface area contributed by atoms with Crippen LogP contribution in [0.4, 0.5) is 0 Å². The fraction of sp³-hybridized carbons (Fsp3) is 0.533. The summed E-state index contributed by atoms with van der Waals surface area (Å²) in [5.74, 6) is -0.311. The van der Waals surface area contributed by atoms with E-state index in [1.165, 1.54) is 20.1 Å². The quantitative estimate of drug-likeness (QED) is 0.703. The standard InChI is InChI=1S/C15H22N2O5S/c1-11(18)15(19)17-7-5-12-9-14(4-3-13(12)10-17)23(20,21)16-6-8-22-2/h3-4,9,11,16,18H,5-8,10H2,1-2H3. The van der Waals surface area contributed by atoms with Crippen molar-refractivity contribution < 1.29 is 23.1 Å². The number of rotatable bonds is 6. The number of fused-ring (bicyclic) bond motifs is 1. The molecule has 0 bridgehead atoms. The third-order valence-corrected chi connectivity index (χ3v) is 5.23. The van der Waals surface area contributed by atoms with Gasteiger partial charge in [0.05, 0.1) is 11.5 Å². The lowest BCUT2D eigenvalue weighted by molar-refractivity contribution is -0.140. The molecule has 0 aliphatic carbocycles. The zero-order chi connectivity index (χ0) is 17.0. The number of aliphatic hydroxyl groups excluding tert-OH is 1. The molecule has 0 radical (unpaired) electrons. The van der Waals surface area contributed by atoms with Gasteiger partial charge in [-0.1, -0.05) is 6.07 Å². The van der Waals surface area contributed by atoms with Crippen molar-refractivity contribution in [3.05, 3.63) is 29.3 Å². The largest absolute Gasteiger partial charge is 0.384 e. The number of carbonyl (C=O) groups is 1. The van der Waals surface area contributed by atoms with E-state index in [1.807, 2.05) is 0 Å². The van der Waals surface area contributed by atoms with E-state index in [9.17, 15) is 18.3 Å². The minimum atomic E-state index is -3.56. The first-order chi connectivity index (χ1) is 10.8. The molecule has 0 aromatic heterocycles. The third-order valence-electron chi connectivity index (χ3n) is 3.77. The molecule has 1 aromatic carbocycles. The van der Waals surface area contributed by atoms with Crippen LogP contribution >= 0.6 is 0 Å². The monoisotopic (exact) mass is 342 g/mol. The molecule has 1 aromatic rings. The fourth-order valence-corrected chi connectivity index (χ4v) is 3.57. The molecular formula is C15H22N2O5S. The molecule has 1 heterocycles. The molecule has 1 aliphatic rings. The van der Waals surface area contributed by atoms with E-state index in [4.69, 9.17) is 4.74 Å². The molecule has 1 aliphatic heterocycles. The van der Waals surface area contributed by atoms with Gasteiger partial charge in [0.2, 0.25) is 10.0 Å². The molecule has 1 unspecified atom stereocenters. The number of sulfonamides is 1. The minimum Gasteiger partial charge on any atom is -0.384 e. The Balaban J connectivity index is 2.14. The lowest BCUT2D eigenvalue weighted by Crippen LogP contribution is -2.41. The molecule has 23 heavy (non-hydrogen) atoms. The Morgan fingerprint density at radius 1 is 1.43 bits per heavy atom. The van der Waals surface area contributed by atoms with Crippen LogP contribution in [-0.2, 0) is 32.5 Å². The highest BCUT2D eigenvalue weighted by atomic mass is 32.2. The summed E-state index contributed by atoms with van der Waals surface area (Å²) in [7, 11) is -2.05. The summed E-state index contributed by atoms with van der Waals surface area (Å²) in [5.41, 5.74) is 1.82. The third kappa shape index (κ3) is 4.29. The lowest BCUT2D eigenvalue weighted by Gasteiger charge is -2.30. The maximum atomic E-state index is 12.2. The molecule has 0 spiro atoms. The number of benzene rings is 1. The summed E-state index contributed by atoms with van der Waals surface area (Å²) < 4.78 is 31.7. The van der Waals surface area contributed by atoms with Crippen molar-refractivity contribution in [2.24, 2.45) is 0 Å². The lowest BCUT2D eigenvalue weighted by atomic mass is 9.99. The van der Waals surface area contributed by atoms with Gasteiger partial charge >= 0.3 is 0 Å². The van der Waals surface area contributed by atoms with E-state index < -0.39 is 16.1 Å². The van der Waals surface area contributed by atoms with Crippen molar-refractivity contribution >= 4 is 15.9 Å². The molecule has 8 heteroatoms. The van der Waals surface area contributed by atoms with Crippen LogP contribution in [0.25, 0.3) is 0 Å². The zero-order valence-electron chi connectivity index (χ0n) is 13.3. The van der Waals surface area contributed by atoms with Gasteiger partial charge in [-0.25, -0.2) is 13.1 Å². The van der Waals surface area contributed by atoms with Crippen LogP contribution in [0.1, 0.15) is 18.1 Å². The summed E-state index contributed by atoms with van der Waals surface area (Å²) in [4.78, 5) is 13.6. The van der Waals surface area contributed by atoms with Crippen molar-refractivity contribution in [3.8, 4) is 0 Å². The Bertz CT molecular complexity index is 672. The Kier molecular flexibility index (Phi) is 5.74. The van der Waals surface area contributed by atoms with Gasteiger partial charge < -0.3 is 14.7 Å². The number of hydrogen-bond acceptors (Lipinski definition) is 5. The average molecular weight is 342 g/mol. The number of nitrogens with one attached hydrogen (secondary N) is 1. The van der Waals surface area contributed by atoms with Crippen molar-refractivity contribution in [3.63, 3.8) is 0 Å². The van der Waals surface area contributed by atoms with E-state index in [0.29, 0.717) is 26.1 Å². The van der Waals surface area contributed by atoms with E-state index in [-0.39, 0.29) is 17.3 Å². The normalized spacial score (nSPS) is 16.0. The minimum absolute atomic E-state index is 0.211. The van der Waals surface area contributed by atoms with Gasteiger partial charge in [0.15, 0.2) is 0 Å². The smallest absolute Gasteiger partial charge is 0.251 e. The van der Waals surface area contributed by atoms with E-state index in [2.05, 4.69) is 4.72 Å². The van der Waals surface area contributed by atoms with Gasteiger partial charge in [0.1, 0.15) is 6.10 Å². The van der Waals surface area contributed by atoms with Gasteiger partial charge in [-0.15, -0.1) is 0 Å². The molecular weight excluding hydrogens is 320 g/mol. The maximum absolute atomic E-state index is 12.2. The predicted molar refractivity (Wildman–Crippen MR) is 84.3 cm³/mol. The van der Waals surface area contributed by atoms with Crippen molar-refractivity contribution in [2.45, 2.75) is 30.9 Å². The van der Waals surface area contributed by atoms with Gasteiger partial charge in [0.25, 0.3) is 5.91 Å². The molecule has 1 atom stereocenters. The number of carbonyl (C=O) groups excluding carboxylic acids is 1. The van der Waals surface area contributed by atoms with Crippen LogP contribution in [-0.4, -0.2) is 57.2 Å². The summed E-state index contributed by atoms with van der Waals surface area (Å²) in [6.45, 7) is 2.82. The highest BCUT2D eigenvalue weighted by Crippen LogP contribution is 2.23. The number of nitrogens with zero attached hydrogens (tertiary/aromatic N) is 1. The van der Waals surface area contributed by atoms with Crippen LogP contribution in [0.15, 0.2) is 23.1 Å². The first-order valence-electron chi connectivity index (χ1n) is 7.42. The van der Waals surface area contributed by atoms with Gasteiger partial charge in [-0.2, -0.15) is 0 Å². The second-order valence-electron chi connectivity index (χ2n) is 5.51. The average Bonchev–Trinajstić information content (AvgIpc) is 2.53. The van der Waals surface area contributed by atoms with E-state index in [1.54, 1.807) is 17.0 Å². The summed E-state index contributed by atoms with van der Waals surface area (Å²) in [5, 5.41) is 9.39. The Morgan fingerprint density at radius 3 is 2.83 bits per heavy atom. The molecule has 2 N–H and O–H groups in total. The molecule has 0 saturated carbocycles. The number of ether oxygens (including phenoxy) is 1. The molecule has 0 saturated heterocycles. The first-order valence-corrected chi connectivity index (χ1v) is 8.90. The van der Waals surface area contributed by atoms with Crippen LogP contribution in [0.3, 0.4) is 0 Å². The Hall–Kier alpha value is -1.48. The molecule has 128 valence electrons. The Morgan fingerprint density at radius 2 is 2.17 bits per heavy atom. The van der Waals surface area contributed by atoms with E-state index in [0.717, 1.165) is 11.1 Å². The molecule has 1 amide bonds. The highest BCUT2D eigenvalue weighted by Gasteiger charge is 2.24. The summed E-state index contributed by atoms with van der Waals surface area (Å²) in [6, 6.07) is 4.90. The molecule has 2 rings (SSSR count). The Labute approximate surface area is 136 Å². The first kappa shape index (κ1) is 17.9. The van der Waals surface area contributed by atoms with Crippen LogP contribution in [0.2, 0.25) is 0 Å². The van der Waals surface area contributed by atoms with Gasteiger partial charge in [-0.3, -0.25) is 4.79 Å². The number of methoxy groups -OCH3 is 1. The maximum Gasteiger partial charge on any atom is 0.251 e. The SMILES string of the molecule is COCCNS(=O)(=O)c1ccc2c(c1)CCN(C(=O)C(C)O)C2. The summed E-state index contributed by atoms with van der Waals surface area (Å²) >= 11 is 0. The highest BCUT2D eigenvalue weighted by molar-refractivity contribution is 7.89. The van der Waals surface area contributed by atoms with Crippen LogP contribution in [0.5, 0.6) is 0 Å². The van der Waals surface area contributed by atoms with Gasteiger partial charge in [0, 0.05) is 26.7 Å². The van der Waals surface area contributed by atoms with E-state index >= 15 is 0 Å². The van der Waals surface area contributed by atoms with Crippen molar-refractivity contribution in [2.75, 3.05) is 26.8 Å².